The van der Waals surface area contributed by atoms with Gasteiger partial charge in [0.2, 0.25) is 0 Å². The number of carbonyl (C=O) groups is 1. The van der Waals surface area contributed by atoms with E-state index < -0.39 is 47.9 Å². The molecule has 10 heteroatoms. The molecule has 0 fully saturated rings. The van der Waals surface area contributed by atoms with Gasteiger partial charge in [0, 0.05) is 29.9 Å². The zero-order chi connectivity index (χ0) is 20.2. The van der Waals surface area contributed by atoms with Crippen LogP contribution in [0.5, 0.6) is 0 Å². The molecule has 0 aromatic heterocycles. The fraction of sp³-hybridized carbons (Fsp3) is 0.235. The zero-order valence-electron chi connectivity index (χ0n) is 14.0. The number of hydrogen-bond donors (Lipinski definition) is 0. The molecule has 0 bridgehead atoms. The lowest BCUT2D eigenvalue weighted by Gasteiger charge is -2.26. The van der Waals surface area contributed by atoms with Crippen molar-refractivity contribution >= 4 is 17.2 Å². The maximum atomic E-state index is 14.2. The third kappa shape index (κ3) is 5.34. The van der Waals surface area contributed by atoms with E-state index in [0.29, 0.717) is 4.31 Å². The first-order chi connectivity index (χ1) is 12.6. The van der Waals surface area contributed by atoms with E-state index in [9.17, 15) is 31.1 Å². The Kier molecular flexibility index (Phi) is 6.68. The molecule has 2 aromatic rings. The summed E-state index contributed by atoms with van der Waals surface area (Å²) in [6.45, 7) is -1.10. The molecule has 0 N–H and O–H groups in total. The zero-order valence-corrected chi connectivity index (χ0v) is 14.8. The number of rotatable bonds is 6. The maximum absolute atomic E-state index is 14.2. The monoisotopic (exact) mass is 404 g/mol. The molecule has 0 aliphatic carbocycles. The summed E-state index contributed by atoms with van der Waals surface area (Å²) in [4.78, 5) is 11.4. The van der Waals surface area contributed by atoms with E-state index >= 15 is 0 Å². The maximum Gasteiger partial charge on any atom is 0.416 e. The summed E-state index contributed by atoms with van der Waals surface area (Å²) in [7, 11) is 1.12. The second-order valence-electron chi connectivity index (χ2n) is 5.47. The molecule has 1 unspecified atom stereocenters. The number of halogens is 4. The van der Waals surface area contributed by atoms with Crippen LogP contribution in [0, 0.1) is 5.82 Å². The van der Waals surface area contributed by atoms with Crippen molar-refractivity contribution in [2.24, 2.45) is 0 Å². The molecule has 0 heterocycles. The van der Waals surface area contributed by atoms with Crippen LogP contribution < -0.4 is 0 Å². The van der Waals surface area contributed by atoms with Crippen molar-refractivity contribution in [1.82, 2.24) is 4.31 Å². The molecule has 0 aliphatic rings. The third-order valence-electron chi connectivity index (χ3n) is 3.70. The SMILES string of the molecule is COC(=O)c1ccc(CN(Cc2ccccc2C(F)(F)F)S(=O)[O-])c(F)c1. The quantitative estimate of drug-likeness (QED) is 0.420. The highest BCUT2D eigenvalue weighted by molar-refractivity contribution is 7.76. The summed E-state index contributed by atoms with van der Waals surface area (Å²) in [6, 6.07) is 7.82. The van der Waals surface area contributed by atoms with Gasteiger partial charge in [-0.05, 0) is 23.8 Å². The lowest BCUT2D eigenvalue weighted by atomic mass is 10.1. The molecule has 0 saturated heterocycles. The van der Waals surface area contributed by atoms with Crippen molar-refractivity contribution in [3.8, 4) is 0 Å². The number of benzene rings is 2. The average Bonchev–Trinajstić information content (AvgIpc) is 2.61. The van der Waals surface area contributed by atoms with E-state index in [1.807, 2.05) is 0 Å². The molecule has 0 spiro atoms. The molecule has 27 heavy (non-hydrogen) atoms. The van der Waals surface area contributed by atoms with Crippen LogP contribution in [-0.4, -0.2) is 26.1 Å². The van der Waals surface area contributed by atoms with E-state index in [-0.39, 0.29) is 16.7 Å². The van der Waals surface area contributed by atoms with Crippen molar-refractivity contribution in [2.75, 3.05) is 7.11 Å². The Morgan fingerprint density at radius 1 is 1.15 bits per heavy atom. The Balaban J connectivity index is 2.28. The van der Waals surface area contributed by atoms with Crippen LogP contribution in [0.25, 0.3) is 0 Å². The molecule has 2 rings (SSSR count). The minimum atomic E-state index is -4.65. The average molecular weight is 404 g/mol. The first kappa shape index (κ1) is 21.0. The van der Waals surface area contributed by atoms with E-state index in [1.54, 1.807) is 0 Å². The van der Waals surface area contributed by atoms with Gasteiger partial charge in [-0.2, -0.15) is 13.2 Å². The minimum Gasteiger partial charge on any atom is -0.760 e. The van der Waals surface area contributed by atoms with Crippen LogP contribution in [0.4, 0.5) is 17.6 Å². The number of carbonyl (C=O) groups excluding carboxylic acids is 1. The first-order valence-electron chi connectivity index (χ1n) is 7.49. The second kappa shape index (κ2) is 8.59. The van der Waals surface area contributed by atoms with Crippen LogP contribution in [0.2, 0.25) is 0 Å². The van der Waals surface area contributed by atoms with Crippen molar-refractivity contribution in [3.63, 3.8) is 0 Å². The minimum absolute atomic E-state index is 0.0732. The number of ether oxygens (including phenoxy) is 1. The molecule has 1 atom stereocenters. The van der Waals surface area contributed by atoms with Crippen molar-refractivity contribution in [1.29, 1.82) is 0 Å². The van der Waals surface area contributed by atoms with Crippen LogP contribution >= 0.6 is 0 Å². The van der Waals surface area contributed by atoms with E-state index in [4.69, 9.17) is 0 Å². The van der Waals surface area contributed by atoms with Gasteiger partial charge in [0.15, 0.2) is 0 Å². The number of hydrogen-bond acceptors (Lipinski definition) is 4. The van der Waals surface area contributed by atoms with Gasteiger partial charge in [-0.3, -0.25) is 4.21 Å². The molecular formula is C17H14F4NO4S-. The molecule has 5 nitrogen and oxygen atoms in total. The van der Waals surface area contributed by atoms with E-state index in [2.05, 4.69) is 4.74 Å². The topological polar surface area (TPSA) is 69.7 Å². The fourth-order valence-corrected chi connectivity index (χ4v) is 2.89. The summed E-state index contributed by atoms with van der Waals surface area (Å²) < 4.78 is 81.4. The Labute approximate surface area is 155 Å². The van der Waals surface area contributed by atoms with Crippen LogP contribution in [0.1, 0.15) is 27.0 Å². The summed E-state index contributed by atoms with van der Waals surface area (Å²) in [5.41, 5.74) is -1.41. The number of nitrogens with zero attached hydrogens (tertiary/aromatic N) is 1. The van der Waals surface area contributed by atoms with Gasteiger partial charge >= 0.3 is 12.1 Å². The van der Waals surface area contributed by atoms with Gasteiger partial charge in [-0.25, -0.2) is 13.5 Å². The highest BCUT2D eigenvalue weighted by Crippen LogP contribution is 2.32. The van der Waals surface area contributed by atoms with Gasteiger partial charge < -0.3 is 9.29 Å². The van der Waals surface area contributed by atoms with Gasteiger partial charge in [0.25, 0.3) is 0 Å². The number of alkyl halides is 3. The lowest BCUT2D eigenvalue weighted by Crippen LogP contribution is -2.27. The first-order valence-corrected chi connectivity index (χ1v) is 8.53. The Morgan fingerprint density at radius 2 is 1.78 bits per heavy atom. The predicted molar refractivity (Wildman–Crippen MR) is 87.4 cm³/mol. The van der Waals surface area contributed by atoms with Gasteiger partial charge in [-0.15, -0.1) is 0 Å². The van der Waals surface area contributed by atoms with Gasteiger partial charge in [0.05, 0.1) is 18.2 Å². The molecule has 0 saturated carbocycles. The molecule has 146 valence electrons. The molecule has 2 aromatic carbocycles. The number of esters is 1. The Hall–Kier alpha value is -2.30. The Morgan fingerprint density at radius 3 is 2.33 bits per heavy atom. The lowest BCUT2D eigenvalue weighted by molar-refractivity contribution is -0.138. The number of methoxy groups -OCH3 is 1. The highest BCUT2D eigenvalue weighted by atomic mass is 32.2. The predicted octanol–water partition coefficient (Wildman–Crippen LogP) is 3.43. The smallest absolute Gasteiger partial charge is 0.416 e. The van der Waals surface area contributed by atoms with Gasteiger partial charge in [-0.1, -0.05) is 24.3 Å². The van der Waals surface area contributed by atoms with Crippen molar-refractivity contribution < 1.29 is 35.9 Å². The largest absolute Gasteiger partial charge is 0.760 e. The Bertz CT molecular complexity index is 857. The van der Waals surface area contributed by atoms with Crippen LogP contribution in [0.3, 0.4) is 0 Å². The summed E-state index contributed by atoms with van der Waals surface area (Å²) in [5, 5.41) is 0. The van der Waals surface area contributed by atoms with Crippen LogP contribution in [-0.2, 0) is 35.3 Å². The fourth-order valence-electron chi connectivity index (χ4n) is 2.40. The summed E-state index contributed by atoms with van der Waals surface area (Å²) in [6.07, 6.45) is -4.65. The molecule has 0 amide bonds. The molecule has 0 radical (unpaired) electrons. The molecular weight excluding hydrogens is 390 g/mol. The van der Waals surface area contributed by atoms with E-state index in [1.165, 1.54) is 24.3 Å². The standard InChI is InChI=1S/C17H15F4NO4S/c1-26-16(23)11-6-7-13(15(18)8-11)10-22(27(24)25)9-12-4-2-3-5-14(12)17(19,20)21/h2-8H,9-10H2,1H3,(H,24,25)/p-1. The van der Waals surface area contributed by atoms with Crippen molar-refractivity contribution in [2.45, 2.75) is 19.3 Å². The summed E-state index contributed by atoms with van der Waals surface area (Å²) in [5.74, 6) is -1.65. The highest BCUT2D eigenvalue weighted by Gasteiger charge is 2.33. The normalized spacial score (nSPS) is 12.9. The summed E-state index contributed by atoms with van der Waals surface area (Å²) >= 11 is -2.91. The second-order valence-corrected chi connectivity index (χ2v) is 6.42. The van der Waals surface area contributed by atoms with Gasteiger partial charge in [0.1, 0.15) is 5.82 Å². The molecule has 0 aliphatic heterocycles. The third-order valence-corrected chi connectivity index (χ3v) is 4.38. The van der Waals surface area contributed by atoms with E-state index in [0.717, 1.165) is 25.3 Å². The van der Waals surface area contributed by atoms with Crippen molar-refractivity contribution in [3.05, 3.63) is 70.5 Å². The van der Waals surface area contributed by atoms with Crippen LogP contribution in [0.15, 0.2) is 42.5 Å².